The van der Waals surface area contributed by atoms with Gasteiger partial charge in [0.15, 0.2) is 0 Å². The largest absolute Gasteiger partial charge is 0.0622 e. The molecule has 0 amide bonds. The van der Waals surface area contributed by atoms with Crippen molar-refractivity contribution < 1.29 is 0 Å². The highest BCUT2D eigenvalue weighted by Gasteiger charge is 2.77. The maximum atomic E-state index is 2.49. The van der Waals surface area contributed by atoms with E-state index in [-0.39, 0.29) is 0 Å². The lowest BCUT2D eigenvalue weighted by atomic mass is 9.90. The molecule has 4 saturated carbocycles. The Morgan fingerprint density at radius 1 is 1.36 bits per heavy atom. The maximum Gasteiger partial charge on any atom is -0.0207 e. The van der Waals surface area contributed by atoms with E-state index in [2.05, 4.69) is 20.8 Å². The Morgan fingerprint density at radius 3 is 2.27 bits per heavy atom. The number of hydrogen-bond acceptors (Lipinski definition) is 0. The molecule has 11 heavy (non-hydrogen) atoms. The van der Waals surface area contributed by atoms with Crippen LogP contribution < -0.4 is 0 Å². The molecule has 4 fully saturated rings. The molecule has 0 N–H and O–H groups in total. The lowest BCUT2D eigenvalue weighted by molar-refractivity contribution is 0.336. The zero-order valence-corrected chi connectivity index (χ0v) is 7.80. The van der Waals surface area contributed by atoms with E-state index >= 15 is 0 Å². The van der Waals surface area contributed by atoms with Crippen molar-refractivity contribution in [1.82, 2.24) is 0 Å². The minimum absolute atomic E-state index is 0.865. The second-order valence-electron chi connectivity index (χ2n) is 5.46. The van der Waals surface area contributed by atoms with Crippen LogP contribution in [0, 0.1) is 35.0 Å². The molecule has 62 valence electrons. The molecule has 0 aliphatic heterocycles. The van der Waals surface area contributed by atoms with E-state index in [0.717, 1.165) is 29.1 Å². The highest BCUT2D eigenvalue weighted by molar-refractivity contribution is 5.25. The standard InChI is InChI=1S/C11H18/c1-6(2)11-5-8-4-9(11)10(11)7(8)3/h6-10H,4-5H2,1-3H3. The van der Waals surface area contributed by atoms with E-state index < -0.39 is 0 Å². The molecular formula is C11H18. The molecule has 4 bridgehead atoms. The van der Waals surface area contributed by atoms with Crippen LogP contribution >= 0.6 is 0 Å². The molecule has 0 aromatic rings. The van der Waals surface area contributed by atoms with Gasteiger partial charge in [-0.2, -0.15) is 0 Å². The summed E-state index contributed by atoms with van der Waals surface area (Å²) in [4.78, 5) is 0. The first-order valence-electron chi connectivity index (χ1n) is 5.18. The molecule has 0 saturated heterocycles. The Labute approximate surface area is 69.4 Å². The molecule has 4 rings (SSSR count). The van der Waals surface area contributed by atoms with Gasteiger partial charge in [-0.3, -0.25) is 0 Å². The maximum absolute atomic E-state index is 2.49. The third kappa shape index (κ3) is 0.467. The van der Waals surface area contributed by atoms with E-state index in [4.69, 9.17) is 0 Å². The minimum atomic E-state index is 0.865. The van der Waals surface area contributed by atoms with Gasteiger partial charge < -0.3 is 0 Å². The molecule has 0 radical (unpaired) electrons. The molecule has 0 heterocycles. The van der Waals surface area contributed by atoms with Gasteiger partial charge in [0.1, 0.15) is 0 Å². The Hall–Kier alpha value is 0. The third-order valence-electron chi connectivity index (χ3n) is 5.19. The quantitative estimate of drug-likeness (QED) is 0.539. The molecule has 5 atom stereocenters. The Kier molecular flexibility index (Phi) is 0.906. The Morgan fingerprint density at radius 2 is 2.09 bits per heavy atom. The van der Waals surface area contributed by atoms with Crippen LogP contribution in [0.2, 0.25) is 0 Å². The molecular weight excluding hydrogens is 132 g/mol. The van der Waals surface area contributed by atoms with Crippen LogP contribution in [0.5, 0.6) is 0 Å². The molecule has 4 aliphatic carbocycles. The normalized spacial score (nSPS) is 64.4. The second-order valence-corrected chi connectivity index (χ2v) is 5.46. The van der Waals surface area contributed by atoms with Crippen LogP contribution in [0.25, 0.3) is 0 Å². The van der Waals surface area contributed by atoms with Crippen molar-refractivity contribution in [2.24, 2.45) is 35.0 Å². The molecule has 5 unspecified atom stereocenters. The Bertz CT molecular complexity index is 206. The zero-order chi connectivity index (χ0) is 7.80. The van der Waals surface area contributed by atoms with Crippen LogP contribution in [0.3, 0.4) is 0 Å². The van der Waals surface area contributed by atoms with Crippen molar-refractivity contribution in [3.8, 4) is 0 Å². The summed E-state index contributed by atoms with van der Waals surface area (Å²) in [5.74, 6) is 5.51. The van der Waals surface area contributed by atoms with E-state index in [0.29, 0.717) is 0 Å². The fourth-order valence-corrected chi connectivity index (χ4v) is 4.69. The van der Waals surface area contributed by atoms with Gasteiger partial charge in [-0.1, -0.05) is 20.8 Å². The van der Waals surface area contributed by atoms with Gasteiger partial charge in [-0.05, 0) is 47.8 Å². The average molecular weight is 150 g/mol. The molecule has 4 aliphatic rings. The predicted molar refractivity (Wildman–Crippen MR) is 46.1 cm³/mol. The lowest BCUT2D eigenvalue weighted by Gasteiger charge is -2.15. The van der Waals surface area contributed by atoms with Crippen LogP contribution in [-0.2, 0) is 0 Å². The molecule has 0 spiro atoms. The average Bonchev–Trinajstić information content (AvgIpc) is 2.32. The second kappa shape index (κ2) is 1.53. The van der Waals surface area contributed by atoms with Gasteiger partial charge in [-0.25, -0.2) is 0 Å². The van der Waals surface area contributed by atoms with E-state index in [1.807, 2.05) is 0 Å². The summed E-state index contributed by atoms with van der Waals surface area (Å²) in [6.07, 6.45) is 3.17. The molecule has 0 aromatic carbocycles. The van der Waals surface area contributed by atoms with Gasteiger partial charge in [0.2, 0.25) is 0 Å². The summed E-state index contributed by atoms with van der Waals surface area (Å²) in [7, 11) is 0. The van der Waals surface area contributed by atoms with Crippen molar-refractivity contribution in [2.75, 3.05) is 0 Å². The zero-order valence-electron chi connectivity index (χ0n) is 7.80. The van der Waals surface area contributed by atoms with Crippen LogP contribution in [0.1, 0.15) is 33.6 Å². The number of rotatable bonds is 1. The van der Waals surface area contributed by atoms with Gasteiger partial charge >= 0.3 is 0 Å². The van der Waals surface area contributed by atoms with Crippen molar-refractivity contribution >= 4 is 0 Å². The summed E-state index contributed by atoms with van der Waals surface area (Å²) in [6.45, 7) is 7.37. The topological polar surface area (TPSA) is 0 Å². The smallest absolute Gasteiger partial charge is 0.0207 e. The molecule has 0 nitrogen and oxygen atoms in total. The van der Waals surface area contributed by atoms with Crippen molar-refractivity contribution in [3.63, 3.8) is 0 Å². The third-order valence-corrected chi connectivity index (χ3v) is 5.19. The van der Waals surface area contributed by atoms with E-state index in [9.17, 15) is 0 Å². The van der Waals surface area contributed by atoms with Gasteiger partial charge in [-0.15, -0.1) is 0 Å². The van der Waals surface area contributed by atoms with Gasteiger partial charge in [0, 0.05) is 0 Å². The summed E-state index contributed by atoms with van der Waals surface area (Å²) in [5, 5.41) is 0. The van der Waals surface area contributed by atoms with E-state index in [1.54, 1.807) is 12.8 Å². The van der Waals surface area contributed by atoms with Crippen LogP contribution in [0.4, 0.5) is 0 Å². The summed E-state index contributed by atoms with van der Waals surface area (Å²) >= 11 is 0. The molecule has 0 heteroatoms. The minimum Gasteiger partial charge on any atom is -0.0622 e. The van der Waals surface area contributed by atoms with Crippen molar-refractivity contribution in [3.05, 3.63) is 0 Å². The molecule has 0 aromatic heterocycles. The van der Waals surface area contributed by atoms with Gasteiger partial charge in [0.05, 0.1) is 0 Å². The van der Waals surface area contributed by atoms with E-state index in [1.165, 1.54) is 5.92 Å². The lowest BCUT2D eigenvalue weighted by Crippen LogP contribution is -2.08. The first-order valence-corrected chi connectivity index (χ1v) is 5.18. The highest BCUT2D eigenvalue weighted by Crippen LogP contribution is 2.83. The number of hydrogen-bond donors (Lipinski definition) is 0. The van der Waals surface area contributed by atoms with Crippen LogP contribution in [0.15, 0.2) is 0 Å². The highest BCUT2D eigenvalue weighted by atomic mass is 14.8. The first kappa shape index (κ1) is 6.51. The van der Waals surface area contributed by atoms with Crippen LogP contribution in [-0.4, -0.2) is 0 Å². The monoisotopic (exact) mass is 150 g/mol. The van der Waals surface area contributed by atoms with Crippen molar-refractivity contribution in [1.29, 1.82) is 0 Å². The van der Waals surface area contributed by atoms with Crippen molar-refractivity contribution in [2.45, 2.75) is 33.6 Å². The van der Waals surface area contributed by atoms with Gasteiger partial charge in [0.25, 0.3) is 0 Å². The SMILES string of the molecule is CC1C2CC3C1C3(C(C)C)C2. The fraction of sp³-hybridized carbons (Fsp3) is 1.00. The summed E-state index contributed by atoms with van der Waals surface area (Å²) in [6, 6.07) is 0. The summed E-state index contributed by atoms with van der Waals surface area (Å²) < 4.78 is 0. The first-order chi connectivity index (χ1) is 5.18. The summed E-state index contributed by atoms with van der Waals surface area (Å²) in [5.41, 5.74) is 0.865. The fourth-order valence-electron chi connectivity index (χ4n) is 4.69. The Balaban J connectivity index is 1.98. The predicted octanol–water partition coefficient (Wildman–Crippen LogP) is 2.93.